The zero-order valence-electron chi connectivity index (χ0n) is 16.2. The summed E-state index contributed by atoms with van der Waals surface area (Å²) >= 11 is 1.57. The van der Waals surface area contributed by atoms with Crippen molar-refractivity contribution in [1.82, 2.24) is 15.5 Å². The molecule has 1 N–H and O–H groups in total. The molecule has 0 aliphatic carbocycles. The van der Waals surface area contributed by atoms with E-state index in [1.165, 1.54) is 5.56 Å². The van der Waals surface area contributed by atoms with Gasteiger partial charge in [-0.2, -0.15) is 0 Å². The summed E-state index contributed by atoms with van der Waals surface area (Å²) in [7, 11) is 0. The number of rotatable bonds is 4. The van der Waals surface area contributed by atoms with E-state index in [0.29, 0.717) is 28.1 Å². The first-order valence-corrected chi connectivity index (χ1v) is 10.0. The fourth-order valence-corrected chi connectivity index (χ4v) is 4.17. The molecular weight excluding hydrogens is 370 g/mol. The van der Waals surface area contributed by atoms with Gasteiger partial charge in [-0.25, -0.2) is 4.98 Å². The number of hydrogen-bond acceptors (Lipinski definition) is 5. The van der Waals surface area contributed by atoms with Crippen LogP contribution in [0.15, 0.2) is 46.3 Å². The Balaban J connectivity index is 1.73. The molecule has 28 heavy (non-hydrogen) atoms. The van der Waals surface area contributed by atoms with E-state index in [9.17, 15) is 4.79 Å². The minimum Gasteiger partial charge on any atom is -0.345 e. The Kier molecular flexibility index (Phi) is 4.73. The smallest absolute Gasteiger partial charge is 0.259 e. The summed E-state index contributed by atoms with van der Waals surface area (Å²) in [4.78, 5) is 18.7. The second-order valence-corrected chi connectivity index (χ2v) is 7.98. The Morgan fingerprint density at radius 3 is 2.71 bits per heavy atom. The van der Waals surface area contributed by atoms with Crippen molar-refractivity contribution in [3.8, 4) is 10.6 Å². The molecule has 3 heterocycles. The highest BCUT2D eigenvalue weighted by atomic mass is 32.1. The molecule has 1 aromatic carbocycles. The summed E-state index contributed by atoms with van der Waals surface area (Å²) in [6.45, 7) is 7.94. The van der Waals surface area contributed by atoms with Crippen LogP contribution in [0, 0.1) is 20.8 Å². The second kappa shape index (κ2) is 7.20. The molecule has 1 atom stereocenters. The maximum Gasteiger partial charge on any atom is 0.259 e. The number of nitrogens with zero attached hydrogens (tertiary/aromatic N) is 2. The summed E-state index contributed by atoms with van der Waals surface area (Å²) in [6.07, 6.45) is 0. The molecule has 1 unspecified atom stereocenters. The molecule has 4 aromatic rings. The van der Waals surface area contributed by atoms with Crippen LogP contribution in [-0.4, -0.2) is 16.0 Å². The lowest BCUT2D eigenvalue weighted by molar-refractivity contribution is 0.0941. The van der Waals surface area contributed by atoms with Crippen LogP contribution >= 0.6 is 11.3 Å². The van der Waals surface area contributed by atoms with Gasteiger partial charge in [-0.3, -0.25) is 4.79 Å². The number of amides is 1. The molecule has 0 saturated heterocycles. The maximum atomic E-state index is 13.2. The molecule has 0 saturated carbocycles. The third-order valence-corrected chi connectivity index (χ3v) is 5.77. The van der Waals surface area contributed by atoms with Gasteiger partial charge in [-0.1, -0.05) is 35.0 Å². The highest BCUT2D eigenvalue weighted by Crippen LogP contribution is 2.30. The van der Waals surface area contributed by atoms with Gasteiger partial charge in [0.1, 0.15) is 0 Å². The molecule has 0 aliphatic heterocycles. The highest BCUT2D eigenvalue weighted by molar-refractivity contribution is 7.13. The summed E-state index contributed by atoms with van der Waals surface area (Å²) < 4.78 is 5.36. The molecule has 3 aromatic heterocycles. The van der Waals surface area contributed by atoms with Crippen LogP contribution in [0.2, 0.25) is 0 Å². The van der Waals surface area contributed by atoms with Gasteiger partial charge < -0.3 is 9.84 Å². The molecule has 142 valence electrons. The summed E-state index contributed by atoms with van der Waals surface area (Å²) in [6, 6.07) is 11.9. The number of hydrogen-bond donors (Lipinski definition) is 1. The molecule has 1 amide bonds. The number of carbonyl (C=O) groups is 1. The number of carbonyl (C=O) groups excluding carboxylic acids is 1. The maximum absolute atomic E-state index is 13.2. The molecule has 0 radical (unpaired) electrons. The highest BCUT2D eigenvalue weighted by Gasteiger charge is 2.21. The zero-order chi connectivity index (χ0) is 19.8. The normalized spacial score (nSPS) is 12.3. The molecule has 0 spiro atoms. The van der Waals surface area contributed by atoms with Gasteiger partial charge in [0.15, 0.2) is 0 Å². The van der Waals surface area contributed by atoms with Gasteiger partial charge in [-0.05, 0) is 56.3 Å². The van der Waals surface area contributed by atoms with E-state index >= 15 is 0 Å². The Morgan fingerprint density at radius 2 is 2.00 bits per heavy atom. The lowest BCUT2D eigenvalue weighted by Gasteiger charge is -2.17. The monoisotopic (exact) mass is 391 g/mol. The van der Waals surface area contributed by atoms with E-state index < -0.39 is 0 Å². The first-order valence-electron chi connectivity index (χ1n) is 9.13. The summed E-state index contributed by atoms with van der Waals surface area (Å²) in [5.74, 6) is -0.163. The number of benzene rings is 1. The minimum absolute atomic E-state index is 0.123. The van der Waals surface area contributed by atoms with Gasteiger partial charge in [0.2, 0.25) is 0 Å². The number of fused-ring (bicyclic) bond motifs is 1. The van der Waals surface area contributed by atoms with Crippen molar-refractivity contribution < 1.29 is 9.32 Å². The Bertz CT molecular complexity index is 1160. The van der Waals surface area contributed by atoms with E-state index in [1.807, 2.05) is 37.4 Å². The fraction of sp³-hybridized carbons (Fsp3) is 0.227. The van der Waals surface area contributed by atoms with Crippen LogP contribution < -0.4 is 5.32 Å². The van der Waals surface area contributed by atoms with Crippen LogP contribution in [0.1, 0.15) is 45.7 Å². The van der Waals surface area contributed by atoms with Gasteiger partial charge >= 0.3 is 0 Å². The fourth-order valence-electron chi connectivity index (χ4n) is 3.49. The van der Waals surface area contributed by atoms with Crippen LogP contribution in [0.25, 0.3) is 21.7 Å². The number of aryl methyl sites for hydroxylation is 3. The van der Waals surface area contributed by atoms with Crippen LogP contribution in [0.3, 0.4) is 0 Å². The summed E-state index contributed by atoms with van der Waals surface area (Å²) in [5, 5.41) is 9.77. The van der Waals surface area contributed by atoms with Crippen molar-refractivity contribution in [2.24, 2.45) is 0 Å². The molecule has 4 rings (SSSR count). The summed E-state index contributed by atoms with van der Waals surface area (Å²) in [5.41, 5.74) is 5.75. The molecule has 5 nitrogen and oxygen atoms in total. The molecule has 0 fully saturated rings. The predicted octanol–water partition coefficient (Wildman–Crippen LogP) is 5.37. The number of pyridine rings is 1. The van der Waals surface area contributed by atoms with E-state index in [2.05, 4.69) is 47.5 Å². The molecule has 0 aliphatic rings. The van der Waals surface area contributed by atoms with Crippen LogP contribution in [0.5, 0.6) is 0 Å². The van der Waals surface area contributed by atoms with Crippen molar-refractivity contribution >= 4 is 28.3 Å². The van der Waals surface area contributed by atoms with Crippen molar-refractivity contribution in [1.29, 1.82) is 0 Å². The first-order chi connectivity index (χ1) is 13.4. The number of aromatic nitrogens is 2. The molecule has 6 heteroatoms. The van der Waals surface area contributed by atoms with E-state index in [4.69, 9.17) is 4.52 Å². The van der Waals surface area contributed by atoms with Crippen molar-refractivity contribution in [2.75, 3.05) is 0 Å². The minimum atomic E-state index is -0.163. The standard InChI is InChI=1S/C22H21N3O2S/c1-12-7-8-16(13(2)10-12)14(3)23-21(26)17-11-18(19-6-5-9-28-19)24-22-20(17)15(4)25-27-22/h5-11,14H,1-4H3,(H,23,26). The third kappa shape index (κ3) is 3.31. The Labute approximate surface area is 167 Å². The third-order valence-electron chi connectivity index (χ3n) is 4.87. The van der Waals surface area contributed by atoms with E-state index in [0.717, 1.165) is 16.0 Å². The van der Waals surface area contributed by atoms with E-state index in [1.54, 1.807) is 11.3 Å². The van der Waals surface area contributed by atoms with Crippen molar-refractivity contribution in [3.63, 3.8) is 0 Å². The Morgan fingerprint density at radius 1 is 1.18 bits per heavy atom. The number of nitrogens with one attached hydrogen (secondary N) is 1. The van der Waals surface area contributed by atoms with Crippen LogP contribution in [0.4, 0.5) is 0 Å². The van der Waals surface area contributed by atoms with Crippen molar-refractivity contribution in [3.05, 3.63) is 69.7 Å². The van der Waals surface area contributed by atoms with Gasteiger partial charge in [0.05, 0.1) is 33.3 Å². The average molecular weight is 391 g/mol. The van der Waals surface area contributed by atoms with Gasteiger partial charge in [0.25, 0.3) is 11.6 Å². The largest absolute Gasteiger partial charge is 0.345 e. The lowest BCUT2D eigenvalue weighted by Crippen LogP contribution is -2.27. The molecular formula is C22H21N3O2S. The SMILES string of the molecule is Cc1ccc(C(C)NC(=O)c2cc(-c3cccs3)nc3onc(C)c23)c(C)c1. The first kappa shape index (κ1) is 18.4. The van der Waals surface area contributed by atoms with Gasteiger partial charge in [0, 0.05) is 0 Å². The Hall–Kier alpha value is -2.99. The zero-order valence-corrected chi connectivity index (χ0v) is 17.1. The van der Waals surface area contributed by atoms with Crippen molar-refractivity contribution in [2.45, 2.75) is 33.7 Å². The second-order valence-electron chi connectivity index (χ2n) is 7.04. The van der Waals surface area contributed by atoms with E-state index in [-0.39, 0.29) is 11.9 Å². The topological polar surface area (TPSA) is 68.0 Å². The van der Waals surface area contributed by atoms with Gasteiger partial charge in [-0.15, -0.1) is 11.3 Å². The quantitative estimate of drug-likeness (QED) is 0.508. The molecule has 0 bridgehead atoms. The average Bonchev–Trinajstić information content (AvgIpc) is 3.31. The van der Waals surface area contributed by atoms with Crippen LogP contribution in [-0.2, 0) is 0 Å². The lowest BCUT2D eigenvalue weighted by atomic mass is 9.99. The number of thiophene rings is 1. The predicted molar refractivity (Wildman–Crippen MR) is 112 cm³/mol.